The molecule has 1 N–H and O–H groups in total. The van der Waals surface area contributed by atoms with Crippen molar-refractivity contribution >= 4 is 43.1 Å². The summed E-state index contributed by atoms with van der Waals surface area (Å²) in [7, 11) is -3.29. The summed E-state index contributed by atoms with van der Waals surface area (Å²) < 4.78 is 25.1. The number of anilines is 1. The molecule has 6 heteroatoms. The van der Waals surface area contributed by atoms with E-state index in [1.807, 2.05) is 18.2 Å². The number of benzene rings is 2. The minimum atomic E-state index is -3.29. The minimum absolute atomic E-state index is 0.0137. The van der Waals surface area contributed by atoms with E-state index in [1.54, 1.807) is 30.3 Å². The van der Waals surface area contributed by atoms with E-state index < -0.39 is 9.84 Å². The second kappa shape index (κ2) is 6.61. The summed E-state index contributed by atoms with van der Waals surface area (Å²) in [4.78, 5) is 0.321. The molecule has 0 unspecified atom stereocenters. The van der Waals surface area contributed by atoms with Crippen LogP contribution < -0.4 is 5.32 Å². The lowest BCUT2D eigenvalue weighted by atomic mass is 10.3. The number of hydrogen-bond donors (Lipinski definition) is 1. The average molecular weight is 375 g/mol. The molecule has 0 atom stereocenters. The van der Waals surface area contributed by atoms with E-state index in [9.17, 15) is 8.42 Å². The second-order valence-electron chi connectivity index (χ2n) is 4.18. The monoisotopic (exact) mass is 373 g/mol. The number of nitrogens with one attached hydrogen (secondary N) is 1. The van der Waals surface area contributed by atoms with E-state index >= 15 is 0 Å². The van der Waals surface area contributed by atoms with Crippen LogP contribution in [0.4, 0.5) is 5.69 Å². The zero-order chi connectivity index (χ0) is 14.6. The van der Waals surface area contributed by atoms with Crippen molar-refractivity contribution in [2.75, 3.05) is 17.6 Å². The van der Waals surface area contributed by atoms with E-state index in [1.165, 1.54) is 0 Å². The van der Waals surface area contributed by atoms with Crippen molar-refractivity contribution in [1.82, 2.24) is 0 Å². The standard InChI is InChI=1S/C14H13BrClNO2S/c15-11-5-7-12(8-6-11)20(18,19)10-9-17-14-4-2-1-3-13(14)16/h1-8,17H,9-10H2. The van der Waals surface area contributed by atoms with Crippen LogP contribution >= 0.6 is 27.5 Å². The highest BCUT2D eigenvalue weighted by Crippen LogP contribution is 2.20. The van der Waals surface area contributed by atoms with Gasteiger partial charge in [-0.15, -0.1) is 0 Å². The topological polar surface area (TPSA) is 46.2 Å². The van der Waals surface area contributed by atoms with Crippen LogP contribution in [-0.2, 0) is 9.84 Å². The van der Waals surface area contributed by atoms with Crippen LogP contribution in [0.3, 0.4) is 0 Å². The van der Waals surface area contributed by atoms with Gasteiger partial charge in [0.25, 0.3) is 0 Å². The van der Waals surface area contributed by atoms with Gasteiger partial charge in [0.1, 0.15) is 0 Å². The molecule has 0 saturated carbocycles. The fraction of sp³-hybridized carbons (Fsp3) is 0.143. The largest absolute Gasteiger partial charge is 0.383 e. The van der Waals surface area contributed by atoms with Crippen molar-refractivity contribution in [1.29, 1.82) is 0 Å². The third-order valence-electron chi connectivity index (χ3n) is 2.73. The highest BCUT2D eigenvalue weighted by Gasteiger charge is 2.13. The van der Waals surface area contributed by atoms with Crippen molar-refractivity contribution in [3.63, 3.8) is 0 Å². The number of sulfone groups is 1. The lowest BCUT2D eigenvalue weighted by molar-refractivity contribution is 0.596. The lowest BCUT2D eigenvalue weighted by Gasteiger charge is -2.09. The summed E-state index contributed by atoms with van der Waals surface area (Å²) in [6, 6.07) is 13.9. The Labute approximate surface area is 132 Å². The van der Waals surface area contributed by atoms with Crippen molar-refractivity contribution in [2.45, 2.75) is 4.90 Å². The first-order valence-electron chi connectivity index (χ1n) is 5.96. The predicted octanol–water partition coefficient (Wildman–Crippen LogP) is 3.99. The van der Waals surface area contributed by atoms with Gasteiger partial charge in [-0.1, -0.05) is 39.7 Å². The van der Waals surface area contributed by atoms with E-state index in [0.29, 0.717) is 16.5 Å². The Morgan fingerprint density at radius 1 is 1.05 bits per heavy atom. The van der Waals surface area contributed by atoms with Crippen LogP contribution in [0, 0.1) is 0 Å². The van der Waals surface area contributed by atoms with Crippen LogP contribution in [0.15, 0.2) is 57.9 Å². The van der Waals surface area contributed by atoms with E-state index in [4.69, 9.17) is 11.6 Å². The summed E-state index contributed by atoms with van der Waals surface area (Å²) in [5.74, 6) is 0.0137. The van der Waals surface area contributed by atoms with Crippen LogP contribution in [0.25, 0.3) is 0 Å². The van der Waals surface area contributed by atoms with Gasteiger partial charge in [0.2, 0.25) is 0 Å². The third-order valence-corrected chi connectivity index (χ3v) is 5.32. The summed E-state index contributed by atoms with van der Waals surface area (Å²) in [6.45, 7) is 0.308. The Hall–Kier alpha value is -1.04. The molecule has 20 heavy (non-hydrogen) atoms. The first-order valence-corrected chi connectivity index (χ1v) is 8.78. The molecule has 0 spiro atoms. The molecule has 2 aromatic carbocycles. The van der Waals surface area contributed by atoms with E-state index in [0.717, 1.165) is 10.2 Å². The molecule has 0 amide bonds. The average Bonchev–Trinajstić information content (AvgIpc) is 2.41. The maximum Gasteiger partial charge on any atom is 0.180 e. The molecule has 0 aliphatic heterocycles. The van der Waals surface area contributed by atoms with Crippen molar-refractivity contribution in [2.24, 2.45) is 0 Å². The fourth-order valence-electron chi connectivity index (χ4n) is 1.68. The third kappa shape index (κ3) is 3.98. The summed E-state index contributed by atoms with van der Waals surface area (Å²) >= 11 is 9.27. The molecule has 0 fully saturated rings. The fourth-order valence-corrected chi connectivity index (χ4v) is 3.31. The molecule has 0 aromatic heterocycles. The Bertz CT molecular complexity index is 687. The van der Waals surface area contributed by atoms with Gasteiger partial charge in [0.15, 0.2) is 9.84 Å². The van der Waals surface area contributed by atoms with Crippen molar-refractivity contribution < 1.29 is 8.42 Å². The normalized spacial score (nSPS) is 11.3. The molecule has 0 heterocycles. The molecule has 0 bridgehead atoms. The molecule has 3 nitrogen and oxygen atoms in total. The number of halogens is 2. The Balaban J connectivity index is 2.00. The van der Waals surface area contributed by atoms with E-state index in [-0.39, 0.29) is 5.75 Å². The predicted molar refractivity (Wildman–Crippen MR) is 86.1 cm³/mol. The molecule has 0 aliphatic rings. The quantitative estimate of drug-likeness (QED) is 0.861. The highest BCUT2D eigenvalue weighted by molar-refractivity contribution is 9.10. The summed E-state index contributed by atoms with van der Waals surface area (Å²) in [5, 5.41) is 3.61. The lowest BCUT2D eigenvalue weighted by Crippen LogP contribution is -2.16. The Morgan fingerprint density at radius 2 is 1.70 bits per heavy atom. The van der Waals surface area contributed by atoms with Gasteiger partial charge in [-0.25, -0.2) is 8.42 Å². The van der Waals surface area contributed by atoms with Gasteiger partial charge in [-0.2, -0.15) is 0 Å². The molecular weight excluding hydrogens is 362 g/mol. The van der Waals surface area contributed by atoms with Crippen LogP contribution in [-0.4, -0.2) is 20.7 Å². The van der Waals surface area contributed by atoms with E-state index in [2.05, 4.69) is 21.2 Å². The first-order chi connectivity index (χ1) is 9.49. The number of rotatable bonds is 5. The van der Waals surface area contributed by atoms with Gasteiger partial charge in [-0.3, -0.25) is 0 Å². The maximum atomic E-state index is 12.1. The van der Waals surface area contributed by atoms with Crippen LogP contribution in [0.1, 0.15) is 0 Å². The molecule has 0 aliphatic carbocycles. The summed E-state index contributed by atoms with van der Waals surface area (Å²) in [6.07, 6.45) is 0. The molecule has 2 aromatic rings. The molecule has 106 valence electrons. The second-order valence-corrected chi connectivity index (χ2v) is 7.61. The van der Waals surface area contributed by atoms with Gasteiger partial charge in [0.05, 0.1) is 21.4 Å². The summed E-state index contributed by atoms with van der Waals surface area (Å²) in [5.41, 5.74) is 0.736. The highest BCUT2D eigenvalue weighted by atomic mass is 79.9. The van der Waals surface area contributed by atoms with Crippen molar-refractivity contribution in [3.05, 3.63) is 58.0 Å². The Kier molecular flexibility index (Phi) is 5.07. The molecule has 0 radical (unpaired) electrons. The zero-order valence-electron chi connectivity index (χ0n) is 10.5. The molecular formula is C14H13BrClNO2S. The minimum Gasteiger partial charge on any atom is -0.383 e. The Morgan fingerprint density at radius 3 is 2.35 bits per heavy atom. The first kappa shape index (κ1) is 15.4. The van der Waals surface area contributed by atoms with Crippen molar-refractivity contribution in [3.8, 4) is 0 Å². The SMILES string of the molecule is O=S(=O)(CCNc1ccccc1Cl)c1ccc(Br)cc1. The number of para-hydroxylation sites is 1. The van der Waals surface area contributed by atoms with Crippen LogP contribution in [0.2, 0.25) is 5.02 Å². The maximum absolute atomic E-state index is 12.1. The van der Waals surface area contributed by atoms with Crippen LogP contribution in [0.5, 0.6) is 0 Å². The molecule has 2 rings (SSSR count). The molecule has 0 saturated heterocycles. The van der Waals surface area contributed by atoms with Gasteiger partial charge in [-0.05, 0) is 36.4 Å². The van der Waals surface area contributed by atoms with Gasteiger partial charge < -0.3 is 5.32 Å². The zero-order valence-corrected chi connectivity index (χ0v) is 13.7. The number of hydrogen-bond acceptors (Lipinski definition) is 3. The van der Waals surface area contributed by atoms with Gasteiger partial charge in [0, 0.05) is 11.0 Å². The smallest absolute Gasteiger partial charge is 0.180 e. The van der Waals surface area contributed by atoms with Gasteiger partial charge >= 0.3 is 0 Å².